The molecule has 5 nitrogen and oxygen atoms in total. The van der Waals surface area contributed by atoms with Gasteiger partial charge in [-0.05, 0) is 5.56 Å². The van der Waals surface area contributed by atoms with E-state index in [4.69, 9.17) is 0 Å². The van der Waals surface area contributed by atoms with Gasteiger partial charge >= 0.3 is 6.18 Å². The molecule has 2 aromatic rings. The number of alkyl halides is 3. The lowest BCUT2D eigenvalue weighted by molar-refractivity contribution is -0.141. The van der Waals surface area contributed by atoms with Crippen LogP contribution in [0.1, 0.15) is 11.3 Å². The maximum Gasteiger partial charge on any atom is 0.433 e. The second-order valence-corrected chi connectivity index (χ2v) is 7.09. The zero-order valence-corrected chi connectivity index (χ0v) is 15.3. The third-order valence-corrected chi connectivity index (χ3v) is 5.23. The summed E-state index contributed by atoms with van der Waals surface area (Å²) in [5.74, 6) is 1.45. The highest BCUT2D eigenvalue weighted by molar-refractivity contribution is 7.99. The van der Waals surface area contributed by atoms with E-state index in [0.717, 1.165) is 18.1 Å². The van der Waals surface area contributed by atoms with Gasteiger partial charge in [0.1, 0.15) is 17.8 Å². The predicted octanol–water partition coefficient (Wildman–Crippen LogP) is 3.08. The fourth-order valence-corrected chi connectivity index (χ4v) is 3.67. The van der Waals surface area contributed by atoms with E-state index in [0.29, 0.717) is 31.9 Å². The van der Waals surface area contributed by atoms with Gasteiger partial charge < -0.3 is 9.80 Å². The van der Waals surface area contributed by atoms with Crippen LogP contribution in [0.3, 0.4) is 0 Å². The molecule has 0 atom stereocenters. The SMILES string of the molecule is O=C(CSCc1ccccc1)N1CCN(c2cc(C(F)(F)F)ncn2)CC1. The summed E-state index contributed by atoms with van der Waals surface area (Å²) >= 11 is 1.56. The first-order valence-electron chi connectivity index (χ1n) is 8.47. The Labute approximate surface area is 159 Å². The Morgan fingerprint density at radius 1 is 1.07 bits per heavy atom. The van der Waals surface area contributed by atoms with Crippen LogP contribution in [0.2, 0.25) is 0 Å². The number of aromatic nitrogens is 2. The van der Waals surface area contributed by atoms with Crippen LogP contribution in [0, 0.1) is 0 Å². The molecule has 1 aliphatic heterocycles. The number of halogens is 3. The Hall–Kier alpha value is -2.29. The molecule has 1 aromatic carbocycles. The monoisotopic (exact) mass is 396 g/mol. The second kappa shape index (κ2) is 8.60. The van der Waals surface area contributed by atoms with E-state index in [1.54, 1.807) is 21.6 Å². The lowest BCUT2D eigenvalue weighted by atomic mass is 10.2. The summed E-state index contributed by atoms with van der Waals surface area (Å²) in [7, 11) is 0. The molecular weight excluding hydrogens is 377 g/mol. The highest BCUT2D eigenvalue weighted by Gasteiger charge is 2.33. The Kier molecular flexibility index (Phi) is 6.20. The van der Waals surface area contributed by atoms with Crippen LogP contribution >= 0.6 is 11.8 Å². The van der Waals surface area contributed by atoms with Crippen molar-refractivity contribution in [1.29, 1.82) is 0 Å². The molecule has 1 aromatic heterocycles. The van der Waals surface area contributed by atoms with Crippen molar-refractivity contribution in [3.8, 4) is 0 Å². The Balaban J connectivity index is 1.48. The highest BCUT2D eigenvalue weighted by Crippen LogP contribution is 2.29. The third-order valence-electron chi connectivity index (χ3n) is 4.24. The molecule has 27 heavy (non-hydrogen) atoms. The highest BCUT2D eigenvalue weighted by atomic mass is 32.2. The first-order valence-corrected chi connectivity index (χ1v) is 9.62. The molecule has 2 heterocycles. The zero-order chi connectivity index (χ0) is 19.3. The maximum atomic E-state index is 12.8. The number of rotatable bonds is 5. The van der Waals surface area contributed by atoms with Gasteiger partial charge in [-0.25, -0.2) is 9.97 Å². The number of piperazine rings is 1. The van der Waals surface area contributed by atoms with Gasteiger partial charge in [0, 0.05) is 38.0 Å². The molecule has 0 N–H and O–H groups in total. The number of carbonyl (C=O) groups excluding carboxylic acids is 1. The van der Waals surface area contributed by atoms with E-state index in [9.17, 15) is 18.0 Å². The van der Waals surface area contributed by atoms with Gasteiger partial charge in [-0.1, -0.05) is 30.3 Å². The van der Waals surface area contributed by atoms with Crippen molar-refractivity contribution in [3.05, 3.63) is 54.0 Å². The molecule has 0 aliphatic carbocycles. The molecule has 0 saturated carbocycles. The van der Waals surface area contributed by atoms with E-state index in [-0.39, 0.29) is 11.7 Å². The smallest absolute Gasteiger partial charge is 0.353 e. The molecule has 1 saturated heterocycles. The molecule has 1 amide bonds. The molecular formula is C18H19F3N4OS. The topological polar surface area (TPSA) is 49.3 Å². The molecule has 1 fully saturated rings. The standard InChI is InChI=1S/C18H19F3N4OS/c19-18(20,21)15-10-16(23-13-22-15)24-6-8-25(9-7-24)17(26)12-27-11-14-4-2-1-3-5-14/h1-5,10,13H,6-9,11-12H2. The lowest BCUT2D eigenvalue weighted by Crippen LogP contribution is -2.49. The average molecular weight is 396 g/mol. The van der Waals surface area contributed by atoms with Crippen molar-refractivity contribution in [2.24, 2.45) is 0 Å². The summed E-state index contributed by atoms with van der Waals surface area (Å²) in [5.41, 5.74) is 0.215. The molecule has 0 spiro atoms. The van der Waals surface area contributed by atoms with E-state index in [1.807, 2.05) is 30.3 Å². The summed E-state index contributed by atoms with van der Waals surface area (Å²) in [5, 5.41) is 0. The quantitative estimate of drug-likeness (QED) is 0.778. The Morgan fingerprint density at radius 3 is 2.44 bits per heavy atom. The van der Waals surface area contributed by atoms with E-state index < -0.39 is 11.9 Å². The number of hydrogen-bond donors (Lipinski definition) is 0. The third kappa shape index (κ3) is 5.35. The van der Waals surface area contributed by atoms with Gasteiger partial charge in [0.25, 0.3) is 0 Å². The molecule has 0 bridgehead atoms. The first kappa shape index (κ1) is 19.5. The van der Waals surface area contributed by atoms with Crippen molar-refractivity contribution >= 4 is 23.5 Å². The molecule has 3 rings (SSSR count). The minimum atomic E-state index is -4.49. The predicted molar refractivity (Wildman–Crippen MR) is 98.4 cm³/mol. The molecule has 9 heteroatoms. The number of carbonyl (C=O) groups is 1. The number of anilines is 1. The number of thioether (sulfide) groups is 1. The van der Waals surface area contributed by atoms with Gasteiger partial charge in [-0.2, -0.15) is 13.2 Å². The van der Waals surface area contributed by atoms with E-state index in [1.165, 1.54) is 5.56 Å². The maximum absolute atomic E-state index is 12.8. The van der Waals surface area contributed by atoms with Crippen LogP contribution in [0.5, 0.6) is 0 Å². The van der Waals surface area contributed by atoms with Crippen LogP contribution in [0.25, 0.3) is 0 Å². The fraction of sp³-hybridized carbons (Fsp3) is 0.389. The lowest BCUT2D eigenvalue weighted by Gasteiger charge is -2.35. The van der Waals surface area contributed by atoms with Gasteiger partial charge in [-0.15, -0.1) is 11.8 Å². The summed E-state index contributed by atoms with van der Waals surface area (Å²) in [6.45, 7) is 1.83. The largest absolute Gasteiger partial charge is 0.433 e. The Morgan fingerprint density at radius 2 is 1.78 bits per heavy atom. The summed E-state index contributed by atoms with van der Waals surface area (Å²) < 4.78 is 38.3. The first-order chi connectivity index (χ1) is 12.9. The summed E-state index contributed by atoms with van der Waals surface area (Å²) in [6, 6.07) is 10.9. The van der Waals surface area contributed by atoms with Crippen LogP contribution in [0.4, 0.5) is 19.0 Å². The van der Waals surface area contributed by atoms with Crippen molar-refractivity contribution in [1.82, 2.24) is 14.9 Å². The molecule has 1 aliphatic rings. The van der Waals surface area contributed by atoms with Gasteiger partial charge in [-0.3, -0.25) is 4.79 Å². The number of nitrogens with zero attached hydrogens (tertiary/aromatic N) is 4. The van der Waals surface area contributed by atoms with Crippen molar-refractivity contribution in [2.75, 3.05) is 36.8 Å². The van der Waals surface area contributed by atoms with Gasteiger partial charge in [0.15, 0.2) is 0 Å². The van der Waals surface area contributed by atoms with Crippen LogP contribution in [0.15, 0.2) is 42.7 Å². The van der Waals surface area contributed by atoms with E-state index in [2.05, 4.69) is 9.97 Å². The van der Waals surface area contributed by atoms with Gasteiger partial charge in [0.05, 0.1) is 5.75 Å². The second-order valence-electron chi connectivity index (χ2n) is 6.11. The minimum absolute atomic E-state index is 0.0502. The number of benzene rings is 1. The average Bonchev–Trinajstić information content (AvgIpc) is 2.68. The Bertz CT molecular complexity index is 765. The van der Waals surface area contributed by atoms with Gasteiger partial charge in [0.2, 0.25) is 5.91 Å². The molecule has 0 radical (unpaired) electrons. The fourth-order valence-electron chi connectivity index (χ4n) is 2.78. The van der Waals surface area contributed by atoms with Crippen molar-refractivity contribution in [3.63, 3.8) is 0 Å². The number of hydrogen-bond acceptors (Lipinski definition) is 5. The van der Waals surface area contributed by atoms with Crippen molar-refractivity contribution < 1.29 is 18.0 Å². The van der Waals surface area contributed by atoms with Crippen LogP contribution < -0.4 is 4.90 Å². The van der Waals surface area contributed by atoms with Crippen LogP contribution in [-0.4, -0.2) is 52.7 Å². The van der Waals surface area contributed by atoms with Crippen molar-refractivity contribution in [2.45, 2.75) is 11.9 Å². The van der Waals surface area contributed by atoms with Crippen LogP contribution in [-0.2, 0) is 16.7 Å². The van der Waals surface area contributed by atoms with E-state index >= 15 is 0 Å². The summed E-state index contributed by atoms with van der Waals surface area (Å²) in [6.07, 6.45) is -3.57. The number of amides is 1. The minimum Gasteiger partial charge on any atom is -0.353 e. The normalized spacial score (nSPS) is 15.1. The summed E-state index contributed by atoms with van der Waals surface area (Å²) in [4.78, 5) is 23.0. The molecule has 144 valence electrons. The molecule has 0 unspecified atom stereocenters. The zero-order valence-electron chi connectivity index (χ0n) is 14.5.